The van der Waals surface area contributed by atoms with Gasteiger partial charge in [-0.15, -0.1) is 6.58 Å². The van der Waals surface area contributed by atoms with Crippen LogP contribution < -0.4 is 14.2 Å². The lowest BCUT2D eigenvalue weighted by Gasteiger charge is -2.23. The van der Waals surface area contributed by atoms with Crippen molar-refractivity contribution in [3.8, 4) is 17.2 Å². The second-order valence-corrected chi connectivity index (χ2v) is 10.5. The fourth-order valence-electron chi connectivity index (χ4n) is 3.57. The van der Waals surface area contributed by atoms with Crippen LogP contribution in [-0.2, 0) is 21.1 Å². The lowest BCUT2D eigenvalue weighted by Crippen LogP contribution is -2.45. The Labute approximate surface area is 218 Å². The highest BCUT2D eigenvalue weighted by molar-refractivity contribution is 8.16. The van der Waals surface area contributed by atoms with Crippen molar-refractivity contribution in [3.05, 3.63) is 71.8 Å². The van der Waals surface area contributed by atoms with Crippen molar-refractivity contribution in [1.29, 1.82) is 5.41 Å². The average Bonchev–Trinajstić information content (AvgIpc) is 3.30. The van der Waals surface area contributed by atoms with Gasteiger partial charge in [-0.3, -0.25) is 10.2 Å². The summed E-state index contributed by atoms with van der Waals surface area (Å²) in [5, 5.41) is 8.14. The van der Waals surface area contributed by atoms with E-state index < -0.39 is 15.7 Å². The summed E-state index contributed by atoms with van der Waals surface area (Å²) in [5.41, 5.74) is 1.49. The van der Waals surface area contributed by atoms with Crippen LogP contribution in [0.2, 0.25) is 0 Å². The van der Waals surface area contributed by atoms with E-state index in [-0.39, 0.29) is 28.4 Å². The van der Waals surface area contributed by atoms with Gasteiger partial charge in [0.05, 0.1) is 24.6 Å². The highest BCUT2D eigenvalue weighted by atomic mass is 32.2. The van der Waals surface area contributed by atoms with E-state index in [1.807, 2.05) is 30.3 Å². The molecule has 0 radical (unpaired) electrons. The fraction of sp³-hybridized carbons (Fsp3) is 0.200. The van der Waals surface area contributed by atoms with Gasteiger partial charge in [-0.05, 0) is 41.8 Å². The summed E-state index contributed by atoms with van der Waals surface area (Å²) in [7, 11) is -2.24. The highest BCUT2D eigenvalue weighted by Gasteiger charge is 2.41. The van der Waals surface area contributed by atoms with Crippen LogP contribution in [0.5, 0.6) is 17.2 Å². The molecule has 2 aliphatic heterocycles. The molecule has 12 heteroatoms. The van der Waals surface area contributed by atoms with E-state index in [0.717, 1.165) is 34.4 Å². The van der Waals surface area contributed by atoms with Gasteiger partial charge in [0.15, 0.2) is 11.5 Å². The molecular formula is C25H24N4O6S2. The van der Waals surface area contributed by atoms with Crippen molar-refractivity contribution in [2.24, 2.45) is 9.39 Å². The molecule has 37 heavy (non-hydrogen) atoms. The van der Waals surface area contributed by atoms with Crippen molar-refractivity contribution in [1.82, 2.24) is 4.90 Å². The molecule has 0 unspecified atom stereocenters. The SMILES string of the molecule is C=CCc1ccccc1OCCOc1ccc(/C=C2/C(=N)N3C(=NC2=O)SN=C3S(C)(=O)=O)cc1OC. The van der Waals surface area contributed by atoms with E-state index in [2.05, 4.69) is 16.0 Å². The Bertz CT molecular complexity index is 1460. The second-order valence-electron chi connectivity index (χ2n) is 7.89. The average molecular weight is 541 g/mol. The molecule has 1 N–H and O–H groups in total. The predicted molar refractivity (Wildman–Crippen MR) is 144 cm³/mol. The smallest absolute Gasteiger partial charge is 0.283 e. The van der Waals surface area contributed by atoms with E-state index in [4.69, 9.17) is 19.6 Å². The van der Waals surface area contributed by atoms with Crippen molar-refractivity contribution < 1.29 is 27.4 Å². The Kier molecular flexibility index (Phi) is 7.79. The molecule has 1 amide bonds. The number of rotatable bonds is 9. The van der Waals surface area contributed by atoms with E-state index in [9.17, 15) is 13.2 Å². The van der Waals surface area contributed by atoms with Crippen LogP contribution in [0.15, 0.2) is 70.1 Å². The zero-order valence-corrected chi connectivity index (χ0v) is 21.8. The molecule has 4 rings (SSSR count). The number of amidine groups is 3. The monoisotopic (exact) mass is 540 g/mol. The summed E-state index contributed by atoms with van der Waals surface area (Å²) in [5.74, 6) is 0.668. The van der Waals surface area contributed by atoms with Gasteiger partial charge in [0, 0.05) is 6.26 Å². The first kappa shape index (κ1) is 26.2. The molecule has 2 heterocycles. The van der Waals surface area contributed by atoms with Crippen molar-refractivity contribution in [2.75, 3.05) is 26.6 Å². The summed E-state index contributed by atoms with van der Waals surface area (Å²) in [4.78, 5) is 17.5. The number of carbonyl (C=O) groups is 1. The third-order valence-corrected chi connectivity index (χ3v) is 7.01. The standard InChI is InChI=1S/C25H24N4O6S2/c1-4-7-17-8-5-6-9-19(17)34-12-13-35-20-11-10-16(15-21(20)33-2)14-18-22(26)29-24(27-23(18)30)36-28-25(29)37(3,31)32/h4-6,8-11,14-15,26H,1,7,12-13H2,2-3H3/b18-14-,26-22?. The van der Waals surface area contributed by atoms with Crippen LogP contribution >= 0.6 is 11.9 Å². The van der Waals surface area contributed by atoms with Gasteiger partial charge in [-0.1, -0.05) is 30.3 Å². The van der Waals surface area contributed by atoms with Gasteiger partial charge in [-0.2, -0.15) is 9.39 Å². The van der Waals surface area contributed by atoms with E-state index in [0.29, 0.717) is 30.1 Å². The molecule has 0 saturated carbocycles. The maximum Gasteiger partial charge on any atom is 0.283 e. The third kappa shape index (κ3) is 5.75. The number of aliphatic imine (C=N–C) groups is 1. The minimum absolute atomic E-state index is 0.0308. The number of ether oxygens (including phenoxy) is 3. The molecule has 2 aromatic carbocycles. The first-order valence-corrected chi connectivity index (χ1v) is 13.7. The molecule has 0 spiro atoms. The molecule has 192 valence electrons. The molecule has 0 aliphatic carbocycles. The number of nitrogens with one attached hydrogen (secondary N) is 1. The fourth-order valence-corrected chi connectivity index (χ4v) is 5.41. The minimum atomic E-state index is -3.73. The van der Waals surface area contributed by atoms with Crippen molar-refractivity contribution in [2.45, 2.75) is 6.42 Å². The quantitative estimate of drug-likeness (QED) is 0.221. The Morgan fingerprint density at radius 1 is 1.11 bits per heavy atom. The predicted octanol–water partition coefficient (Wildman–Crippen LogP) is 3.50. The Morgan fingerprint density at radius 3 is 2.54 bits per heavy atom. The topological polar surface area (TPSA) is 131 Å². The third-order valence-electron chi connectivity index (χ3n) is 5.26. The van der Waals surface area contributed by atoms with Gasteiger partial charge in [-0.25, -0.2) is 13.3 Å². The van der Waals surface area contributed by atoms with Gasteiger partial charge >= 0.3 is 0 Å². The van der Waals surface area contributed by atoms with Gasteiger partial charge in [0.25, 0.3) is 5.91 Å². The van der Waals surface area contributed by atoms with Crippen LogP contribution in [0.4, 0.5) is 0 Å². The Hall–Kier alpha value is -3.90. The van der Waals surface area contributed by atoms with Crippen LogP contribution in [-0.4, -0.2) is 62.0 Å². The minimum Gasteiger partial charge on any atom is -0.493 e. The number of carbonyl (C=O) groups excluding carboxylic acids is 1. The van der Waals surface area contributed by atoms with Gasteiger partial charge < -0.3 is 14.2 Å². The Morgan fingerprint density at radius 2 is 1.84 bits per heavy atom. The Balaban J connectivity index is 1.47. The zero-order chi connectivity index (χ0) is 26.6. The van der Waals surface area contributed by atoms with Gasteiger partial charge in [0.1, 0.15) is 24.8 Å². The second kappa shape index (κ2) is 11.0. The van der Waals surface area contributed by atoms with Crippen LogP contribution in [0.1, 0.15) is 11.1 Å². The first-order chi connectivity index (χ1) is 17.7. The van der Waals surface area contributed by atoms with Crippen LogP contribution in [0, 0.1) is 5.41 Å². The zero-order valence-electron chi connectivity index (χ0n) is 20.1. The molecule has 0 bridgehead atoms. The number of hydrogen-bond donors (Lipinski definition) is 1. The number of amides is 1. The lowest BCUT2D eigenvalue weighted by molar-refractivity contribution is -0.114. The molecule has 10 nitrogen and oxygen atoms in total. The molecule has 2 aromatic rings. The van der Waals surface area contributed by atoms with E-state index in [1.54, 1.807) is 18.2 Å². The van der Waals surface area contributed by atoms with E-state index >= 15 is 0 Å². The van der Waals surface area contributed by atoms with Crippen molar-refractivity contribution in [3.63, 3.8) is 0 Å². The summed E-state index contributed by atoms with van der Waals surface area (Å²) < 4.78 is 45.1. The number of hydrogen-bond acceptors (Lipinski definition) is 9. The van der Waals surface area contributed by atoms with E-state index in [1.165, 1.54) is 13.2 Å². The van der Waals surface area contributed by atoms with Crippen LogP contribution in [0.25, 0.3) is 6.08 Å². The van der Waals surface area contributed by atoms with Crippen LogP contribution in [0.3, 0.4) is 0 Å². The summed E-state index contributed by atoms with van der Waals surface area (Å²) >= 11 is 0.741. The molecule has 0 saturated heterocycles. The first-order valence-electron chi connectivity index (χ1n) is 11.0. The number of para-hydroxylation sites is 1. The number of methoxy groups -OCH3 is 1. The molecule has 0 aromatic heterocycles. The number of benzene rings is 2. The normalized spacial score (nSPS) is 16.3. The number of nitrogens with zero attached hydrogens (tertiary/aromatic N) is 3. The molecular weight excluding hydrogens is 516 g/mol. The lowest BCUT2D eigenvalue weighted by atomic mass is 10.1. The highest BCUT2D eigenvalue weighted by Crippen LogP contribution is 2.32. The summed E-state index contributed by atoms with van der Waals surface area (Å²) in [6.45, 7) is 4.34. The molecule has 0 atom stereocenters. The maximum atomic E-state index is 12.6. The van der Waals surface area contributed by atoms with Gasteiger partial charge in [0.2, 0.25) is 20.2 Å². The largest absolute Gasteiger partial charge is 0.493 e. The molecule has 2 aliphatic rings. The summed E-state index contributed by atoms with van der Waals surface area (Å²) in [6, 6.07) is 12.7. The number of sulfone groups is 1. The summed E-state index contributed by atoms with van der Waals surface area (Å²) in [6.07, 6.45) is 4.95. The number of fused-ring (bicyclic) bond motifs is 1. The number of allylic oxidation sites excluding steroid dienone is 1. The maximum absolute atomic E-state index is 12.6. The molecule has 0 fully saturated rings. The van der Waals surface area contributed by atoms with Crippen molar-refractivity contribution >= 4 is 49.9 Å².